The Morgan fingerprint density at radius 3 is 2.89 bits per heavy atom. The number of nitrogens with zero attached hydrogens (tertiary/aromatic N) is 1. The quantitative estimate of drug-likeness (QED) is 0.943. The van der Waals surface area contributed by atoms with Crippen LogP contribution in [0.15, 0.2) is 47.2 Å². The predicted octanol–water partition coefficient (Wildman–Crippen LogP) is 3.13. The molecular formula is C14H14BrNO2. The third kappa shape index (κ3) is 3.31. The minimum Gasteiger partial charge on any atom is -0.497 e. The van der Waals surface area contributed by atoms with Crippen molar-refractivity contribution in [2.75, 3.05) is 7.11 Å². The maximum Gasteiger partial charge on any atom is 0.119 e. The van der Waals surface area contributed by atoms with E-state index in [0.717, 1.165) is 21.3 Å². The molecule has 18 heavy (non-hydrogen) atoms. The van der Waals surface area contributed by atoms with Crippen molar-refractivity contribution in [3.8, 4) is 5.75 Å². The first-order valence-corrected chi connectivity index (χ1v) is 6.40. The number of aromatic nitrogens is 1. The van der Waals surface area contributed by atoms with Crippen molar-refractivity contribution < 1.29 is 9.84 Å². The first-order valence-electron chi connectivity index (χ1n) is 5.60. The number of ether oxygens (including phenoxy) is 1. The molecule has 0 bridgehead atoms. The maximum absolute atomic E-state index is 10.2. The van der Waals surface area contributed by atoms with Gasteiger partial charge in [-0.3, -0.25) is 4.98 Å². The fraction of sp³-hybridized carbons (Fsp3) is 0.214. The number of aliphatic hydroxyl groups is 1. The van der Waals surface area contributed by atoms with Gasteiger partial charge in [0.25, 0.3) is 0 Å². The molecule has 0 amide bonds. The standard InChI is InChI=1S/C14H14BrNO2/c1-18-13-4-2-3-11(7-13)14(17)6-10-5-12(15)9-16-8-10/h2-5,7-9,14,17H,6H2,1H3. The van der Waals surface area contributed by atoms with Crippen molar-refractivity contribution in [2.24, 2.45) is 0 Å². The summed E-state index contributed by atoms with van der Waals surface area (Å²) in [4.78, 5) is 4.08. The number of hydrogen-bond acceptors (Lipinski definition) is 3. The van der Waals surface area contributed by atoms with E-state index in [1.54, 1.807) is 19.5 Å². The molecule has 2 aromatic rings. The molecule has 3 nitrogen and oxygen atoms in total. The van der Waals surface area contributed by atoms with Crippen molar-refractivity contribution in [1.82, 2.24) is 4.98 Å². The van der Waals surface area contributed by atoms with E-state index in [-0.39, 0.29) is 0 Å². The first-order chi connectivity index (χ1) is 8.69. The number of pyridine rings is 1. The van der Waals surface area contributed by atoms with Crippen molar-refractivity contribution in [3.05, 3.63) is 58.3 Å². The second kappa shape index (κ2) is 5.98. The second-order valence-electron chi connectivity index (χ2n) is 4.01. The van der Waals surface area contributed by atoms with Gasteiger partial charge in [-0.05, 0) is 45.3 Å². The molecule has 0 spiro atoms. The van der Waals surface area contributed by atoms with Gasteiger partial charge in [0.2, 0.25) is 0 Å². The number of benzene rings is 1. The predicted molar refractivity (Wildman–Crippen MR) is 73.6 cm³/mol. The Hall–Kier alpha value is -1.39. The van der Waals surface area contributed by atoms with Gasteiger partial charge < -0.3 is 9.84 Å². The van der Waals surface area contributed by atoms with E-state index in [9.17, 15) is 5.11 Å². The summed E-state index contributed by atoms with van der Waals surface area (Å²) >= 11 is 3.37. The van der Waals surface area contributed by atoms with Crippen LogP contribution in [0.2, 0.25) is 0 Å². The Morgan fingerprint density at radius 1 is 1.33 bits per heavy atom. The molecule has 1 unspecified atom stereocenters. The van der Waals surface area contributed by atoms with Crippen molar-refractivity contribution >= 4 is 15.9 Å². The van der Waals surface area contributed by atoms with Gasteiger partial charge in [-0.1, -0.05) is 12.1 Å². The lowest BCUT2D eigenvalue weighted by Crippen LogP contribution is -2.02. The minimum atomic E-state index is -0.559. The lowest BCUT2D eigenvalue weighted by molar-refractivity contribution is 0.178. The molecule has 0 aliphatic rings. The van der Waals surface area contributed by atoms with E-state index >= 15 is 0 Å². The molecule has 0 aliphatic carbocycles. The molecule has 1 aromatic carbocycles. The number of hydrogen-bond donors (Lipinski definition) is 1. The highest BCUT2D eigenvalue weighted by Gasteiger charge is 2.10. The van der Waals surface area contributed by atoms with Gasteiger partial charge in [-0.15, -0.1) is 0 Å². The van der Waals surface area contributed by atoms with Crippen LogP contribution in [0.25, 0.3) is 0 Å². The normalized spacial score (nSPS) is 12.2. The summed E-state index contributed by atoms with van der Waals surface area (Å²) in [6.07, 6.45) is 3.45. The van der Waals surface area contributed by atoms with Crippen LogP contribution in [0, 0.1) is 0 Å². The van der Waals surface area contributed by atoms with Gasteiger partial charge in [0, 0.05) is 23.3 Å². The highest BCUT2D eigenvalue weighted by molar-refractivity contribution is 9.10. The number of halogens is 1. The van der Waals surface area contributed by atoms with Crippen molar-refractivity contribution in [1.29, 1.82) is 0 Å². The van der Waals surface area contributed by atoms with Crippen LogP contribution in [0.1, 0.15) is 17.2 Å². The third-order valence-electron chi connectivity index (χ3n) is 2.67. The molecule has 4 heteroatoms. The first kappa shape index (κ1) is 13.1. The maximum atomic E-state index is 10.2. The van der Waals surface area contributed by atoms with Crippen LogP contribution in [-0.4, -0.2) is 17.2 Å². The molecule has 0 saturated carbocycles. The van der Waals surface area contributed by atoms with Crippen LogP contribution in [0.3, 0.4) is 0 Å². The van der Waals surface area contributed by atoms with E-state index in [2.05, 4.69) is 20.9 Å². The molecule has 1 N–H and O–H groups in total. The van der Waals surface area contributed by atoms with Gasteiger partial charge in [-0.25, -0.2) is 0 Å². The largest absolute Gasteiger partial charge is 0.497 e. The minimum absolute atomic E-state index is 0.527. The third-order valence-corrected chi connectivity index (χ3v) is 3.10. The summed E-state index contributed by atoms with van der Waals surface area (Å²) in [6, 6.07) is 9.42. The Kier molecular flexibility index (Phi) is 4.33. The Morgan fingerprint density at radius 2 is 2.17 bits per heavy atom. The summed E-state index contributed by atoms with van der Waals surface area (Å²) in [5, 5.41) is 10.2. The Balaban J connectivity index is 2.13. The molecule has 0 fully saturated rings. The van der Waals surface area contributed by atoms with Crippen LogP contribution >= 0.6 is 15.9 Å². The summed E-state index contributed by atoms with van der Waals surface area (Å²) in [6.45, 7) is 0. The Labute approximate surface area is 115 Å². The summed E-state index contributed by atoms with van der Waals surface area (Å²) < 4.78 is 6.06. The SMILES string of the molecule is COc1cccc(C(O)Cc2cncc(Br)c2)c1. The van der Waals surface area contributed by atoms with E-state index in [1.165, 1.54) is 0 Å². The average molecular weight is 308 g/mol. The number of aliphatic hydroxyl groups excluding tert-OH is 1. The zero-order valence-electron chi connectivity index (χ0n) is 10.0. The molecule has 94 valence electrons. The van der Waals surface area contributed by atoms with E-state index in [1.807, 2.05) is 30.3 Å². The number of methoxy groups -OCH3 is 1. The van der Waals surface area contributed by atoms with E-state index in [4.69, 9.17) is 4.74 Å². The lowest BCUT2D eigenvalue weighted by atomic mass is 10.0. The summed E-state index contributed by atoms with van der Waals surface area (Å²) in [5.41, 5.74) is 1.83. The molecular weight excluding hydrogens is 294 g/mol. The molecule has 1 heterocycles. The van der Waals surface area contributed by atoms with Crippen molar-refractivity contribution in [2.45, 2.75) is 12.5 Å². The van der Waals surface area contributed by atoms with Crippen LogP contribution < -0.4 is 4.74 Å². The van der Waals surface area contributed by atoms with E-state index < -0.39 is 6.10 Å². The molecule has 0 aliphatic heterocycles. The molecule has 2 rings (SSSR count). The van der Waals surface area contributed by atoms with Gasteiger partial charge in [-0.2, -0.15) is 0 Å². The summed E-state index contributed by atoms with van der Waals surface area (Å²) in [5.74, 6) is 0.749. The van der Waals surface area contributed by atoms with Gasteiger partial charge in [0.1, 0.15) is 5.75 Å². The molecule has 1 aromatic heterocycles. The monoisotopic (exact) mass is 307 g/mol. The zero-order valence-corrected chi connectivity index (χ0v) is 11.6. The fourth-order valence-electron chi connectivity index (χ4n) is 1.76. The van der Waals surface area contributed by atoms with Gasteiger partial charge >= 0.3 is 0 Å². The van der Waals surface area contributed by atoms with Crippen LogP contribution in [-0.2, 0) is 6.42 Å². The van der Waals surface area contributed by atoms with E-state index in [0.29, 0.717) is 6.42 Å². The highest BCUT2D eigenvalue weighted by Crippen LogP contribution is 2.23. The highest BCUT2D eigenvalue weighted by atomic mass is 79.9. The van der Waals surface area contributed by atoms with Gasteiger partial charge in [0.05, 0.1) is 13.2 Å². The number of rotatable bonds is 4. The van der Waals surface area contributed by atoms with Crippen molar-refractivity contribution in [3.63, 3.8) is 0 Å². The second-order valence-corrected chi connectivity index (χ2v) is 4.92. The molecule has 0 radical (unpaired) electrons. The smallest absolute Gasteiger partial charge is 0.119 e. The summed E-state index contributed by atoms with van der Waals surface area (Å²) in [7, 11) is 1.61. The lowest BCUT2D eigenvalue weighted by Gasteiger charge is -2.12. The van der Waals surface area contributed by atoms with Gasteiger partial charge in [0.15, 0.2) is 0 Å². The zero-order chi connectivity index (χ0) is 13.0. The molecule has 1 atom stereocenters. The Bertz CT molecular complexity index is 531. The van der Waals surface area contributed by atoms with Crippen LogP contribution in [0.5, 0.6) is 5.75 Å². The molecule has 0 saturated heterocycles. The average Bonchev–Trinajstić information content (AvgIpc) is 2.39. The topological polar surface area (TPSA) is 42.4 Å². The van der Waals surface area contributed by atoms with Crippen LogP contribution in [0.4, 0.5) is 0 Å². The fourth-order valence-corrected chi connectivity index (χ4v) is 2.17.